The van der Waals surface area contributed by atoms with E-state index in [-0.39, 0.29) is 17.4 Å². The maximum atomic E-state index is 12.1. The van der Waals surface area contributed by atoms with Crippen LogP contribution in [0.2, 0.25) is 10.0 Å². The fraction of sp³-hybridized carbons (Fsp3) is 0.278. The minimum Gasteiger partial charge on any atom is -0.490 e. The number of anilines is 1. The molecular weight excluding hydrogens is 395 g/mol. The summed E-state index contributed by atoms with van der Waals surface area (Å²) in [4.78, 5) is 28.0. The Morgan fingerprint density at radius 1 is 1.19 bits per heavy atom. The molecule has 144 valence electrons. The minimum absolute atomic E-state index is 0.121. The predicted molar refractivity (Wildman–Crippen MR) is 102 cm³/mol. The molecule has 0 saturated heterocycles. The van der Waals surface area contributed by atoms with Gasteiger partial charge < -0.3 is 19.5 Å². The van der Waals surface area contributed by atoms with Crippen molar-refractivity contribution in [2.45, 2.75) is 20.0 Å². The second-order valence-corrected chi connectivity index (χ2v) is 6.12. The molecule has 0 bridgehead atoms. The zero-order valence-electron chi connectivity index (χ0n) is 14.7. The van der Waals surface area contributed by atoms with Crippen molar-refractivity contribution in [2.24, 2.45) is 0 Å². The normalized spacial score (nSPS) is 11.4. The molecule has 0 aliphatic heterocycles. The maximum absolute atomic E-state index is 12.1. The molecule has 0 aliphatic carbocycles. The highest BCUT2D eigenvalue weighted by Crippen LogP contribution is 2.26. The zero-order valence-corrected chi connectivity index (χ0v) is 16.2. The van der Waals surface area contributed by atoms with Crippen molar-refractivity contribution in [1.82, 2.24) is 4.98 Å². The largest absolute Gasteiger partial charge is 0.490 e. The SMILES string of the molecule is CCOc1ccccc1OCC(=O)O[C@H](C)C(=O)Nc1ncc(Cl)cc1Cl. The Labute approximate surface area is 166 Å². The summed E-state index contributed by atoms with van der Waals surface area (Å²) in [6.07, 6.45) is 0.264. The Bertz CT molecular complexity index is 816. The molecule has 2 aromatic rings. The highest BCUT2D eigenvalue weighted by atomic mass is 35.5. The van der Waals surface area contributed by atoms with E-state index in [1.54, 1.807) is 24.3 Å². The lowest BCUT2D eigenvalue weighted by Crippen LogP contribution is -2.32. The van der Waals surface area contributed by atoms with Crippen LogP contribution in [-0.4, -0.2) is 36.2 Å². The minimum atomic E-state index is -1.07. The summed E-state index contributed by atoms with van der Waals surface area (Å²) < 4.78 is 15.9. The molecule has 0 aliphatic rings. The second-order valence-electron chi connectivity index (χ2n) is 5.27. The summed E-state index contributed by atoms with van der Waals surface area (Å²) in [6.45, 7) is 3.35. The van der Waals surface area contributed by atoms with Crippen LogP contribution in [0.5, 0.6) is 11.5 Å². The Morgan fingerprint density at radius 3 is 2.48 bits per heavy atom. The van der Waals surface area contributed by atoms with Gasteiger partial charge in [0.1, 0.15) is 0 Å². The van der Waals surface area contributed by atoms with Crippen LogP contribution in [0.25, 0.3) is 0 Å². The van der Waals surface area contributed by atoms with Crippen LogP contribution in [0.4, 0.5) is 5.82 Å². The van der Waals surface area contributed by atoms with Gasteiger partial charge in [0.25, 0.3) is 5.91 Å². The van der Waals surface area contributed by atoms with Gasteiger partial charge in [0, 0.05) is 6.20 Å². The third-order valence-electron chi connectivity index (χ3n) is 3.22. The number of aromatic nitrogens is 1. The Kier molecular flexibility index (Phi) is 7.69. The number of para-hydroxylation sites is 2. The van der Waals surface area contributed by atoms with Crippen LogP contribution >= 0.6 is 23.2 Å². The average Bonchev–Trinajstić information content (AvgIpc) is 2.63. The van der Waals surface area contributed by atoms with E-state index in [0.29, 0.717) is 23.1 Å². The fourth-order valence-electron chi connectivity index (χ4n) is 1.99. The van der Waals surface area contributed by atoms with Gasteiger partial charge in [-0.2, -0.15) is 0 Å². The number of carbonyl (C=O) groups excluding carboxylic acids is 2. The van der Waals surface area contributed by atoms with Gasteiger partial charge in [0.05, 0.1) is 16.7 Å². The lowest BCUT2D eigenvalue weighted by Gasteiger charge is -2.15. The number of rotatable bonds is 8. The van der Waals surface area contributed by atoms with Gasteiger partial charge in [0.15, 0.2) is 30.0 Å². The lowest BCUT2D eigenvalue weighted by atomic mass is 10.3. The maximum Gasteiger partial charge on any atom is 0.344 e. The molecule has 27 heavy (non-hydrogen) atoms. The molecule has 1 N–H and O–H groups in total. The summed E-state index contributed by atoms with van der Waals surface area (Å²) in [5, 5.41) is 2.97. The molecule has 0 radical (unpaired) electrons. The first-order valence-corrected chi connectivity index (χ1v) is 8.82. The van der Waals surface area contributed by atoms with Crippen molar-refractivity contribution in [2.75, 3.05) is 18.5 Å². The third-order valence-corrected chi connectivity index (χ3v) is 3.72. The predicted octanol–water partition coefficient (Wildman–Crippen LogP) is 3.74. The van der Waals surface area contributed by atoms with Crippen LogP contribution < -0.4 is 14.8 Å². The Morgan fingerprint density at radius 2 is 1.85 bits per heavy atom. The Hall–Kier alpha value is -2.51. The molecule has 1 amide bonds. The molecule has 0 fully saturated rings. The number of halogens is 2. The molecule has 0 spiro atoms. The molecule has 1 heterocycles. The summed E-state index contributed by atoms with van der Waals surface area (Å²) in [6, 6.07) is 8.37. The van der Waals surface area contributed by atoms with E-state index in [2.05, 4.69) is 10.3 Å². The number of nitrogens with one attached hydrogen (secondary N) is 1. The van der Waals surface area contributed by atoms with Crippen LogP contribution in [-0.2, 0) is 14.3 Å². The number of amides is 1. The van der Waals surface area contributed by atoms with E-state index in [1.165, 1.54) is 19.2 Å². The molecular formula is C18H18Cl2N2O5. The van der Waals surface area contributed by atoms with Crippen LogP contribution in [0.3, 0.4) is 0 Å². The molecule has 0 unspecified atom stereocenters. The van der Waals surface area contributed by atoms with Crippen LogP contribution in [0, 0.1) is 0 Å². The van der Waals surface area contributed by atoms with Crippen LogP contribution in [0.1, 0.15) is 13.8 Å². The zero-order chi connectivity index (χ0) is 19.8. The lowest BCUT2D eigenvalue weighted by molar-refractivity contribution is -0.155. The summed E-state index contributed by atoms with van der Waals surface area (Å²) in [5.74, 6) is -0.252. The smallest absolute Gasteiger partial charge is 0.344 e. The summed E-state index contributed by atoms with van der Waals surface area (Å²) in [5.41, 5.74) is 0. The number of ether oxygens (including phenoxy) is 3. The number of esters is 1. The fourth-order valence-corrected chi connectivity index (χ4v) is 2.42. The van der Waals surface area contributed by atoms with Gasteiger partial charge in [-0.05, 0) is 32.0 Å². The van der Waals surface area contributed by atoms with E-state index in [4.69, 9.17) is 37.4 Å². The van der Waals surface area contributed by atoms with Crippen molar-refractivity contribution in [1.29, 1.82) is 0 Å². The number of benzene rings is 1. The van der Waals surface area contributed by atoms with E-state index in [9.17, 15) is 9.59 Å². The van der Waals surface area contributed by atoms with Gasteiger partial charge in [-0.15, -0.1) is 0 Å². The standard InChI is InChI=1S/C18H18Cl2N2O5/c1-3-25-14-6-4-5-7-15(14)26-10-16(23)27-11(2)18(24)22-17-13(20)8-12(19)9-21-17/h4-9,11H,3,10H2,1-2H3,(H,21,22,24)/t11-/m1/s1. The number of carbonyl (C=O) groups is 2. The molecule has 1 atom stereocenters. The first-order chi connectivity index (χ1) is 12.9. The van der Waals surface area contributed by atoms with Crippen LogP contribution in [0.15, 0.2) is 36.5 Å². The van der Waals surface area contributed by atoms with E-state index in [1.807, 2.05) is 6.92 Å². The molecule has 1 aromatic carbocycles. The monoisotopic (exact) mass is 412 g/mol. The first-order valence-electron chi connectivity index (χ1n) is 8.06. The summed E-state index contributed by atoms with van der Waals surface area (Å²) in [7, 11) is 0. The Balaban J connectivity index is 1.87. The van der Waals surface area contributed by atoms with Gasteiger partial charge in [-0.3, -0.25) is 4.79 Å². The second kappa shape index (κ2) is 9.99. The van der Waals surface area contributed by atoms with E-state index < -0.39 is 18.0 Å². The summed E-state index contributed by atoms with van der Waals surface area (Å²) >= 11 is 11.7. The van der Waals surface area contributed by atoms with Gasteiger partial charge in [0.2, 0.25) is 0 Å². The quantitative estimate of drug-likeness (QED) is 0.664. The molecule has 9 heteroatoms. The van der Waals surface area contributed by atoms with Gasteiger partial charge in [-0.1, -0.05) is 35.3 Å². The molecule has 2 rings (SSSR count). The number of nitrogens with zero attached hydrogens (tertiary/aromatic N) is 1. The van der Waals surface area contributed by atoms with E-state index >= 15 is 0 Å². The molecule has 7 nitrogen and oxygen atoms in total. The van der Waals surface area contributed by atoms with Crippen molar-refractivity contribution in [3.05, 3.63) is 46.6 Å². The van der Waals surface area contributed by atoms with Gasteiger partial charge >= 0.3 is 5.97 Å². The van der Waals surface area contributed by atoms with E-state index in [0.717, 1.165) is 0 Å². The first kappa shape index (κ1) is 20.8. The molecule has 1 aromatic heterocycles. The number of pyridine rings is 1. The van der Waals surface area contributed by atoms with Crippen molar-refractivity contribution < 1.29 is 23.8 Å². The van der Waals surface area contributed by atoms with Crippen molar-refractivity contribution in [3.8, 4) is 11.5 Å². The molecule has 0 saturated carbocycles. The number of hydrogen-bond acceptors (Lipinski definition) is 6. The highest BCUT2D eigenvalue weighted by molar-refractivity contribution is 6.36. The topological polar surface area (TPSA) is 86.8 Å². The third kappa shape index (κ3) is 6.30. The number of hydrogen-bond donors (Lipinski definition) is 1. The average molecular weight is 413 g/mol. The highest BCUT2D eigenvalue weighted by Gasteiger charge is 2.20. The van der Waals surface area contributed by atoms with Gasteiger partial charge in [-0.25, -0.2) is 9.78 Å². The van der Waals surface area contributed by atoms with Crippen molar-refractivity contribution >= 4 is 40.9 Å². The van der Waals surface area contributed by atoms with Crippen molar-refractivity contribution in [3.63, 3.8) is 0 Å².